The molecule has 0 saturated heterocycles. The summed E-state index contributed by atoms with van der Waals surface area (Å²) in [5, 5.41) is 8.48. The van der Waals surface area contributed by atoms with Crippen molar-refractivity contribution in [3.8, 4) is 0 Å². The van der Waals surface area contributed by atoms with Gasteiger partial charge in [-0.05, 0) is 51.0 Å². The number of nitrogens with two attached hydrogens (primary N) is 1. The van der Waals surface area contributed by atoms with Crippen LogP contribution in [-0.4, -0.2) is 37.0 Å². The Morgan fingerprint density at radius 1 is 0.750 bits per heavy atom. The number of rotatable bonds is 5. The van der Waals surface area contributed by atoms with Crippen molar-refractivity contribution in [1.29, 1.82) is 0 Å². The van der Waals surface area contributed by atoms with Gasteiger partial charge in [0.1, 0.15) is 11.1 Å². The number of nitrogen functional groups attached to an aromatic ring is 1. The van der Waals surface area contributed by atoms with Crippen LogP contribution in [0, 0.1) is 27.7 Å². The largest absolute Gasteiger partial charge is 0.397 e. The van der Waals surface area contributed by atoms with Gasteiger partial charge in [-0.25, -0.2) is 0 Å². The number of hydrogen-bond acceptors (Lipinski definition) is 6. The molecule has 0 radical (unpaired) electrons. The molecule has 2 heterocycles. The van der Waals surface area contributed by atoms with Crippen molar-refractivity contribution in [3.05, 3.63) is 99.8 Å². The molecule has 0 bridgehead atoms. The molecular weight excluding hydrogens is 631 g/mol. The second kappa shape index (κ2) is 15.6. The third-order valence-electron chi connectivity index (χ3n) is 6.45. The highest BCUT2D eigenvalue weighted by Gasteiger charge is 2.24. The molecule has 5 N–H and O–H groups in total. The smallest absolute Gasteiger partial charge is 0.277 e. The van der Waals surface area contributed by atoms with Gasteiger partial charge in [-0.3, -0.25) is 43.5 Å². The van der Waals surface area contributed by atoms with Crippen LogP contribution in [-0.2, 0) is 18.9 Å². The van der Waals surface area contributed by atoms with Gasteiger partial charge in [0.25, 0.3) is 11.1 Å². The van der Waals surface area contributed by atoms with Crippen LogP contribution in [0.3, 0.4) is 0 Å². The molecule has 4 aromatic rings. The molecule has 0 spiro atoms. The molecule has 240 valence electrons. The van der Waals surface area contributed by atoms with Gasteiger partial charge >= 0.3 is 0 Å². The second-order valence-electron chi connectivity index (χ2n) is 9.57. The number of hydrogen-bond donors (Lipinski definition) is 4. The van der Waals surface area contributed by atoms with Crippen LogP contribution >= 0.6 is 35.6 Å². The molecule has 0 aliphatic carbocycles. The summed E-state index contributed by atoms with van der Waals surface area (Å²) in [6, 6.07) is 6.52. The Hall–Kier alpha value is -4.06. The van der Waals surface area contributed by atoms with Crippen molar-refractivity contribution in [3.63, 3.8) is 0 Å². The predicted molar refractivity (Wildman–Crippen MR) is 180 cm³/mol. The monoisotopic (exact) mass is 668 g/mol. The zero-order chi connectivity index (χ0) is 30.9. The minimum absolute atomic E-state index is 0. The van der Waals surface area contributed by atoms with Crippen molar-refractivity contribution in [2.24, 2.45) is 14.1 Å². The maximum Gasteiger partial charge on any atom is 0.277 e. The Labute approximate surface area is 272 Å². The number of aromatic amines is 2. The van der Waals surface area contributed by atoms with Crippen LogP contribution in [0.2, 0.25) is 10.0 Å². The van der Waals surface area contributed by atoms with Gasteiger partial charge < -0.3 is 11.1 Å². The molecule has 14 heteroatoms. The third kappa shape index (κ3) is 7.71. The van der Waals surface area contributed by atoms with Crippen LogP contribution in [0.25, 0.3) is 0 Å². The molecule has 0 saturated carbocycles. The molecule has 44 heavy (non-hydrogen) atoms. The van der Waals surface area contributed by atoms with Crippen molar-refractivity contribution in [2.75, 3.05) is 11.1 Å². The molecule has 11 nitrogen and oxygen atoms in total. The fourth-order valence-corrected chi connectivity index (χ4v) is 4.86. The summed E-state index contributed by atoms with van der Waals surface area (Å²) in [7, 11) is 3.09. The number of benzene rings is 2. The number of nitrogens with one attached hydrogen (secondary N) is 3. The summed E-state index contributed by atoms with van der Waals surface area (Å²) in [5.41, 5.74) is 8.80. The van der Waals surface area contributed by atoms with E-state index in [1.54, 1.807) is 59.0 Å². The predicted octanol–water partition coefficient (Wildman–Crippen LogP) is 5.66. The number of ketones is 2. The standard InChI is InChI=1S/C15H16ClN3O3.C13H14ClN3O2.2CH4.ClH/c1-7-5-6-10(12(16)13(7)17-9(3)20)14(21)11-8(2)18-19(4)15(11)22;1-6-4-5-8(10(14)11(6)15)12(18)9-7(2)16-17(3)13(9)19;;;/h5-6,18H,1-4H3,(H,17,20);4-5,16H,15H2,1-3H3;2*1H4;1H. The van der Waals surface area contributed by atoms with Gasteiger partial charge in [-0.1, -0.05) is 50.2 Å². The highest BCUT2D eigenvalue weighted by Crippen LogP contribution is 2.31. The van der Waals surface area contributed by atoms with Crippen LogP contribution in [0.4, 0.5) is 11.4 Å². The van der Waals surface area contributed by atoms with Gasteiger partial charge in [-0.2, -0.15) is 0 Å². The van der Waals surface area contributed by atoms with E-state index in [9.17, 15) is 24.0 Å². The highest BCUT2D eigenvalue weighted by atomic mass is 35.5. The molecule has 4 rings (SSSR count). The average molecular weight is 670 g/mol. The van der Waals surface area contributed by atoms with Gasteiger partial charge in [0.2, 0.25) is 17.5 Å². The summed E-state index contributed by atoms with van der Waals surface area (Å²) in [4.78, 5) is 60.3. The van der Waals surface area contributed by atoms with E-state index in [1.807, 2.05) is 0 Å². The van der Waals surface area contributed by atoms with E-state index in [2.05, 4.69) is 15.5 Å². The van der Waals surface area contributed by atoms with E-state index in [1.165, 1.54) is 23.3 Å². The summed E-state index contributed by atoms with van der Waals surface area (Å²) < 4.78 is 2.49. The number of halogens is 3. The summed E-state index contributed by atoms with van der Waals surface area (Å²) >= 11 is 12.3. The van der Waals surface area contributed by atoms with Crippen molar-refractivity contribution in [2.45, 2.75) is 49.5 Å². The third-order valence-corrected chi connectivity index (χ3v) is 7.25. The summed E-state index contributed by atoms with van der Waals surface area (Å²) in [6.45, 7) is 8.24. The molecule has 0 unspecified atom stereocenters. The van der Waals surface area contributed by atoms with Crippen LogP contribution in [0.5, 0.6) is 0 Å². The second-order valence-corrected chi connectivity index (χ2v) is 10.3. The number of carbonyl (C=O) groups is 3. The van der Waals surface area contributed by atoms with Crippen LogP contribution in [0.15, 0.2) is 33.9 Å². The minimum atomic E-state index is -0.476. The lowest BCUT2D eigenvalue weighted by Gasteiger charge is -2.12. The van der Waals surface area contributed by atoms with Gasteiger partial charge in [0.15, 0.2) is 0 Å². The highest BCUT2D eigenvalue weighted by molar-refractivity contribution is 6.38. The molecule has 1 amide bonds. The Morgan fingerprint density at radius 3 is 1.50 bits per heavy atom. The van der Waals surface area contributed by atoms with E-state index in [4.69, 9.17) is 28.9 Å². The SMILES string of the molecule is C.C.CC(=O)Nc1c(C)ccc(C(=O)c2c(C)[nH]n(C)c2=O)c1Cl.Cc1ccc(C(=O)c2c(C)[nH]n(C)c2=O)c(Cl)c1N.Cl. The lowest BCUT2D eigenvalue weighted by molar-refractivity contribution is -0.114. The first-order valence-corrected chi connectivity index (χ1v) is 13.1. The molecule has 2 aromatic heterocycles. The maximum absolute atomic E-state index is 12.6. The van der Waals surface area contributed by atoms with E-state index >= 15 is 0 Å². The zero-order valence-electron chi connectivity index (χ0n) is 24.0. The first-order chi connectivity index (χ1) is 19.1. The van der Waals surface area contributed by atoms with Crippen LogP contribution < -0.4 is 22.2 Å². The first kappa shape index (κ1) is 39.9. The number of amides is 1. The topological polar surface area (TPSA) is 165 Å². The minimum Gasteiger partial charge on any atom is -0.397 e. The van der Waals surface area contributed by atoms with Crippen LogP contribution in [0.1, 0.15) is 76.1 Å². The normalized spacial score (nSPS) is 9.93. The van der Waals surface area contributed by atoms with Gasteiger partial charge in [-0.15, -0.1) is 12.4 Å². The first-order valence-electron chi connectivity index (χ1n) is 12.3. The van der Waals surface area contributed by atoms with Gasteiger partial charge in [0.05, 0.1) is 21.4 Å². The van der Waals surface area contributed by atoms with Crippen molar-refractivity contribution >= 4 is 64.5 Å². The number of aromatic nitrogens is 4. The molecular formula is C30H39Cl3N6O5. The number of carbonyl (C=O) groups excluding carboxylic acids is 3. The van der Waals surface area contributed by atoms with E-state index < -0.39 is 17.1 Å². The Morgan fingerprint density at radius 2 is 1.14 bits per heavy atom. The van der Waals surface area contributed by atoms with Crippen molar-refractivity contribution < 1.29 is 14.4 Å². The molecule has 2 aromatic carbocycles. The number of anilines is 2. The summed E-state index contributed by atoms with van der Waals surface area (Å²) in [6.07, 6.45) is 0. The zero-order valence-corrected chi connectivity index (χ0v) is 26.3. The Bertz CT molecular complexity index is 1830. The van der Waals surface area contributed by atoms with Crippen molar-refractivity contribution in [1.82, 2.24) is 19.6 Å². The van der Waals surface area contributed by atoms with E-state index in [0.29, 0.717) is 22.8 Å². The molecule has 0 aliphatic rings. The average Bonchev–Trinajstić information content (AvgIpc) is 3.30. The maximum atomic E-state index is 12.6. The van der Waals surface area contributed by atoms with E-state index in [-0.39, 0.29) is 71.0 Å². The number of nitrogens with zero attached hydrogens (tertiary/aromatic N) is 2. The molecule has 0 aliphatic heterocycles. The summed E-state index contributed by atoms with van der Waals surface area (Å²) in [5.74, 6) is -1.18. The fraction of sp³-hybridized carbons (Fsp3) is 0.300. The fourth-order valence-electron chi connectivity index (χ4n) is 4.22. The van der Waals surface area contributed by atoms with E-state index in [0.717, 1.165) is 11.1 Å². The Kier molecular flexibility index (Phi) is 14.2. The quantitative estimate of drug-likeness (QED) is 0.158. The van der Waals surface area contributed by atoms with Gasteiger partial charge in [0, 0.05) is 43.5 Å². The lowest BCUT2D eigenvalue weighted by Crippen LogP contribution is -2.20. The molecule has 0 fully saturated rings. The lowest BCUT2D eigenvalue weighted by atomic mass is 10.0. The Balaban J connectivity index is 0.000000794. The molecule has 0 atom stereocenters. The number of H-pyrrole nitrogens is 2. The number of aryl methyl sites for hydroxylation is 6.